The minimum Gasteiger partial charge on any atom is -0.238 e. The summed E-state index contributed by atoms with van der Waals surface area (Å²) in [6.45, 7) is 1.53. The van der Waals surface area contributed by atoms with E-state index in [1.54, 1.807) is 6.07 Å². The molecule has 2 rings (SSSR count). The largest absolute Gasteiger partial charge is 0.238 e. The Morgan fingerprint density at radius 2 is 2.00 bits per heavy atom. The summed E-state index contributed by atoms with van der Waals surface area (Å²) in [4.78, 5) is 3.88. The summed E-state index contributed by atoms with van der Waals surface area (Å²) in [5.41, 5.74) is 0.349. The normalized spacial score (nSPS) is 10.9. The van der Waals surface area contributed by atoms with Crippen molar-refractivity contribution in [2.45, 2.75) is 6.92 Å². The van der Waals surface area contributed by atoms with Gasteiger partial charge in [0.15, 0.2) is 0 Å². The van der Waals surface area contributed by atoms with E-state index >= 15 is 0 Å². The maximum absolute atomic E-state index is 13.5. The molecule has 72 valence electrons. The number of fused-ring (bicyclic) bond motifs is 1. The van der Waals surface area contributed by atoms with Crippen LogP contribution in [0.1, 0.15) is 5.56 Å². The molecule has 1 heterocycles. The van der Waals surface area contributed by atoms with Gasteiger partial charge in [0.05, 0.1) is 0 Å². The molecule has 14 heavy (non-hydrogen) atoms. The summed E-state index contributed by atoms with van der Waals surface area (Å²) in [5.74, 6) is -0.915. The molecule has 0 unspecified atom stereocenters. The SMILES string of the molecule is Cc1cc(F)c2nc(Br)ccc2c1F. The van der Waals surface area contributed by atoms with E-state index in [1.165, 1.54) is 13.0 Å². The first-order valence-electron chi connectivity index (χ1n) is 4.00. The van der Waals surface area contributed by atoms with E-state index in [4.69, 9.17) is 0 Å². The van der Waals surface area contributed by atoms with Gasteiger partial charge in [0, 0.05) is 5.39 Å². The highest BCUT2D eigenvalue weighted by molar-refractivity contribution is 9.10. The Kier molecular flexibility index (Phi) is 2.23. The number of pyridine rings is 1. The monoisotopic (exact) mass is 257 g/mol. The van der Waals surface area contributed by atoms with E-state index in [1.807, 2.05) is 0 Å². The van der Waals surface area contributed by atoms with Crippen molar-refractivity contribution >= 4 is 26.8 Å². The fourth-order valence-electron chi connectivity index (χ4n) is 1.33. The van der Waals surface area contributed by atoms with Gasteiger partial charge >= 0.3 is 0 Å². The van der Waals surface area contributed by atoms with Gasteiger partial charge in [0.2, 0.25) is 0 Å². The van der Waals surface area contributed by atoms with E-state index in [0.29, 0.717) is 10.2 Å². The van der Waals surface area contributed by atoms with E-state index in [2.05, 4.69) is 20.9 Å². The van der Waals surface area contributed by atoms with Crippen molar-refractivity contribution in [2.75, 3.05) is 0 Å². The van der Waals surface area contributed by atoms with Crippen LogP contribution in [0.5, 0.6) is 0 Å². The second-order valence-electron chi connectivity index (χ2n) is 3.02. The predicted molar refractivity (Wildman–Crippen MR) is 54.1 cm³/mol. The summed E-state index contributed by atoms with van der Waals surface area (Å²) in [7, 11) is 0. The zero-order valence-corrected chi connectivity index (χ0v) is 8.90. The lowest BCUT2D eigenvalue weighted by molar-refractivity contribution is 0.607. The number of halogens is 3. The van der Waals surface area contributed by atoms with Gasteiger partial charge in [-0.15, -0.1) is 0 Å². The van der Waals surface area contributed by atoms with Gasteiger partial charge in [-0.1, -0.05) is 0 Å². The van der Waals surface area contributed by atoms with Crippen LogP contribution in [0.4, 0.5) is 8.78 Å². The van der Waals surface area contributed by atoms with Crippen LogP contribution >= 0.6 is 15.9 Å². The highest BCUT2D eigenvalue weighted by Crippen LogP contribution is 2.23. The van der Waals surface area contributed by atoms with Crippen molar-refractivity contribution in [1.29, 1.82) is 0 Å². The Balaban J connectivity index is 2.94. The second kappa shape index (κ2) is 3.28. The molecular formula is C10H6BrF2N. The van der Waals surface area contributed by atoms with E-state index in [9.17, 15) is 8.78 Å². The van der Waals surface area contributed by atoms with Crippen LogP contribution in [0.3, 0.4) is 0 Å². The Morgan fingerprint density at radius 3 is 2.71 bits per heavy atom. The lowest BCUT2D eigenvalue weighted by Crippen LogP contribution is -1.92. The van der Waals surface area contributed by atoms with Crippen LogP contribution in [-0.2, 0) is 0 Å². The molecule has 0 spiro atoms. The molecule has 0 aliphatic carbocycles. The first-order valence-corrected chi connectivity index (χ1v) is 4.80. The van der Waals surface area contributed by atoms with Gasteiger partial charge in [0.25, 0.3) is 0 Å². The van der Waals surface area contributed by atoms with E-state index in [0.717, 1.165) is 6.07 Å². The predicted octanol–water partition coefficient (Wildman–Crippen LogP) is 3.58. The first-order chi connectivity index (χ1) is 6.59. The number of nitrogens with zero attached hydrogens (tertiary/aromatic N) is 1. The highest BCUT2D eigenvalue weighted by atomic mass is 79.9. The zero-order valence-electron chi connectivity index (χ0n) is 7.31. The van der Waals surface area contributed by atoms with Crippen molar-refractivity contribution in [3.8, 4) is 0 Å². The molecule has 0 amide bonds. The summed E-state index contributed by atoms with van der Waals surface area (Å²) in [5, 5.41) is 0.214. The quantitative estimate of drug-likeness (QED) is 0.658. The maximum Gasteiger partial charge on any atom is 0.149 e. The van der Waals surface area contributed by atoms with Crippen molar-refractivity contribution in [1.82, 2.24) is 4.98 Å². The van der Waals surface area contributed by atoms with Crippen LogP contribution in [-0.4, -0.2) is 4.98 Å². The van der Waals surface area contributed by atoms with Crippen molar-refractivity contribution in [2.24, 2.45) is 0 Å². The number of rotatable bonds is 0. The number of benzene rings is 1. The molecule has 1 aromatic heterocycles. The third kappa shape index (κ3) is 1.39. The molecule has 1 nitrogen and oxygen atoms in total. The first kappa shape index (κ1) is 9.52. The van der Waals surface area contributed by atoms with E-state index < -0.39 is 11.6 Å². The van der Waals surface area contributed by atoms with Crippen LogP contribution < -0.4 is 0 Å². The molecule has 0 N–H and O–H groups in total. The Morgan fingerprint density at radius 1 is 1.29 bits per heavy atom. The van der Waals surface area contributed by atoms with Gasteiger partial charge in [-0.2, -0.15) is 0 Å². The van der Waals surface area contributed by atoms with Gasteiger partial charge in [-0.3, -0.25) is 0 Å². The van der Waals surface area contributed by atoms with Crippen LogP contribution in [0, 0.1) is 18.6 Å². The number of aryl methyl sites for hydroxylation is 1. The fourth-order valence-corrected chi connectivity index (χ4v) is 1.64. The minimum atomic E-state index is -0.500. The molecule has 0 saturated heterocycles. The third-order valence-corrected chi connectivity index (χ3v) is 2.46. The van der Waals surface area contributed by atoms with Crippen LogP contribution in [0.2, 0.25) is 0 Å². The Bertz CT molecular complexity index is 511. The maximum atomic E-state index is 13.5. The molecule has 0 aliphatic rings. The lowest BCUT2D eigenvalue weighted by Gasteiger charge is -2.03. The third-order valence-electron chi connectivity index (χ3n) is 2.01. The van der Waals surface area contributed by atoms with E-state index in [-0.39, 0.29) is 10.9 Å². The van der Waals surface area contributed by atoms with Crippen molar-refractivity contribution in [3.05, 3.63) is 40.0 Å². The molecule has 0 saturated carbocycles. The van der Waals surface area contributed by atoms with Crippen molar-refractivity contribution in [3.63, 3.8) is 0 Å². The highest BCUT2D eigenvalue weighted by Gasteiger charge is 2.10. The second-order valence-corrected chi connectivity index (χ2v) is 3.83. The molecule has 0 aliphatic heterocycles. The molecule has 4 heteroatoms. The topological polar surface area (TPSA) is 12.9 Å². The minimum absolute atomic E-state index is 0.0578. The molecule has 0 atom stereocenters. The summed E-state index contributed by atoms with van der Waals surface area (Å²) in [6.07, 6.45) is 0. The van der Waals surface area contributed by atoms with Gasteiger partial charge in [0.1, 0.15) is 21.8 Å². The molecule has 0 fully saturated rings. The average molecular weight is 258 g/mol. The smallest absolute Gasteiger partial charge is 0.149 e. The fraction of sp³-hybridized carbons (Fsp3) is 0.100. The van der Waals surface area contributed by atoms with Gasteiger partial charge in [-0.05, 0) is 46.6 Å². The molecule has 2 aromatic rings. The number of aromatic nitrogens is 1. The Labute approximate surface area is 87.9 Å². The average Bonchev–Trinajstić information content (AvgIpc) is 2.14. The van der Waals surface area contributed by atoms with Crippen LogP contribution in [0.15, 0.2) is 22.8 Å². The van der Waals surface area contributed by atoms with Crippen LogP contribution in [0.25, 0.3) is 10.9 Å². The lowest BCUT2D eigenvalue weighted by atomic mass is 10.1. The van der Waals surface area contributed by atoms with Gasteiger partial charge < -0.3 is 0 Å². The summed E-state index contributed by atoms with van der Waals surface area (Å²) >= 11 is 3.11. The Hall–Kier alpha value is -1.03. The summed E-state index contributed by atoms with van der Waals surface area (Å²) in [6, 6.07) is 4.25. The number of hydrogen-bond donors (Lipinski definition) is 0. The summed E-state index contributed by atoms with van der Waals surface area (Å²) < 4.78 is 27.3. The van der Waals surface area contributed by atoms with Crippen molar-refractivity contribution < 1.29 is 8.78 Å². The molecule has 1 aromatic carbocycles. The standard InChI is InChI=1S/C10H6BrF2N/c1-5-4-7(12)10-6(9(5)13)2-3-8(11)14-10/h2-4H,1H3. The zero-order chi connectivity index (χ0) is 10.3. The molecule has 0 radical (unpaired) electrons. The molecule has 0 bridgehead atoms. The number of hydrogen-bond acceptors (Lipinski definition) is 1. The molecular weight excluding hydrogens is 252 g/mol. The van der Waals surface area contributed by atoms with Gasteiger partial charge in [-0.25, -0.2) is 13.8 Å².